The summed E-state index contributed by atoms with van der Waals surface area (Å²) >= 11 is 0. The number of hydrogen-bond donors (Lipinski definition) is 2. The van der Waals surface area contributed by atoms with Crippen molar-refractivity contribution in [2.75, 3.05) is 0 Å². The van der Waals surface area contributed by atoms with Crippen molar-refractivity contribution in [1.29, 1.82) is 0 Å². The van der Waals surface area contributed by atoms with Crippen LogP contribution in [0.5, 0.6) is 11.5 Å². The Morgan fingerprint density at radius 1 is 1.44 bits per heavy atom. The van der Waals surface area contributed by atoms with Gasteiger partial charge in [-0.25, -0.2) is 0 Å². The number of nitrogens with two attached hydrogens (primary N) is 1. The van der Waals surface area contributed by atoms with Gasteiger partial charge in [-0.1, -0.05) is 6.07 Å². The lowest BCUT2D eigenvalue weighted by molar-refractivity contribution is -0.173. The van der Waals surface area contributed by atoms with E-state index in [2.05, 4.69) is 0 Å². The Balaban J connectivity index is 2.23. The number of ether oxygens (including phenoxy) is 2. The topological polar surface area (TPSA) is 64.7 Å². The van der Waals surface area contributed by atoms with Crippen LogP contribution < -0.4 is 15.2 Å². The smallest absolute Gasteiger partial charge is 0.404 e. The van der Waals surface area contributed by atoms with Crippen LogP contribution in [0.3, 0.4) is 0 Å². The van der Waals surface area contributed by atoms with Crippen LogP contribution in [0, 0.1) is 0 Å². The molecule has 1 aliphatic heterocycles. The Bertz CT molecular complexity index is 412. The van der Waals surface area contributed by atoms with Crippen LogP contribution in [-0.2, 0) is 6.42 Å². The molecule has 1 aliphatic rings. The molecule has 0 fully saturated rings. The largest absolute Gasteiger partial charge is 0.423 e. The van der Waals surface area contributed by atoms with Gasteiger partial charge in [0.2, 0.25) is 0 Å². The normalized spacial score (nSPS) is 26.6. The molecule has 0 aliphatic carbocycles. The molecule has 0 saturated heterocycles. The number of alkyl halides is 1. The summed E-state index contributed by atoms with van der Waals surface area (Å²) in [5, 5.41) is 9.45. The Kier molecular flexibility index (Phi) is 2.32. The molecule has 1 heterocycles. The van der Waals surface area contributed by atoms with Gasteiger partial charge < -0.3 is 20.3 Å². The predicted molar refractivity (Wildman–Crippen MR) is 55.7 cm³/mol. The third kappa shape index (κ3) is 2.43. The highest BCUT2D eigenvalue weighted by atomic mass is 19.2. The van der Waals surface area contributed by atoms with E-state index in [9.17, 15) is 9.50 Å². The van der Waals surface area contributed by atoms with Gasteiger partial charge in [0, 0.05) is 13.3 Å². The molecule has 88 valence electrons. The molecule has 5 heteroatoms. The fourth-order valence-corrected chi connectivity index (χ4v) is 1.65. The lowest BCUT2D eigenvalue weighted by Gasteiger charge is -2.16. The Morgan fingerprint density at radius 3 is 2.69 bits per heavy atom. The van der Waals surface area contributed by atoms with Gasteiger partial charge in [0.1, 0.15) is 5.72 Å². The first-order valence-corrected chi connectivity index (χ1v) is 4.96. The van der Waals surface area contributed by atoms with Gasteiger partial charge in [-0.15, -0.1) is 0 Å². The Labute approximate surface area is 92.8 Å². The summed E-state index contributed by atoms with van der Waals surface area (Å²) < 4.78 is 23.2. The summed E-state index contributed by atoms with van der Waals surface area (Å²) in [5.41, 5.74) is 4.93. The molecule has 2 rings (SSSR count). The predicted octanol–water partition coefficient (Wildman–Crippen LogP) is 1.31. The molecule has 0 aromatic heterocycles. The van der Waals surface area contributed by atoms with Crippen LogP contribution in [0.25, 0.3) is 0 Å². The van der Waals surface area contributed by atoms with Gasteiger partial charge >= 0.3 is 6.04 Å². The Morgan fingerprint density at radius 2 is 2.06 bits per heavy atom. The minimum absolute atomic E-state index is 0.257. The molecule has 2 unspecified atom stereocenters. The lowest BCUT2D eigenvalue weighted by atomic mass is 10.0. The molecule has 3 N–H and O–H groups in total. The van der Waals surface area contributed by atoms with E-state index in [1.165, 1.54) is 13.8 Å². The molecule has 0 spiro atoms. The monoisotopic (exact) mass is 227 g/mol. The van der Waals surface area contributed by atoms with Gasteiger partial charge in [-0.05, 0) is 24.6 Å². The standard InChI is InChI=1S/C11H14FNO3/c1-10(13,14)6-7-3-4-8-9(5-7)16-11(2,12)15-8/h3-5,14H,6,13H2,1-2H3. The fraction of sp³-hybridized carbons (Fsp3) is 0.455. The van der Waals surface area contributed by atoms with E-state index in [4.69, 9.17) is 15.2 Å². The summed E-state index contributed by atoms with van der Waals surface area (Å²) in [6, 6.07) is 2.81. The van der Waals surface area contributed by atoms with Crippen molar-refractivity contribution in [2.24, 2.45) is 5.73 Å². The van der Waals surface area contributed by atoms with Crippen molar-refractivity contribution in [3.05, 3.63) is 23.8 Å². The number of halogens is 1. The first-order valence-electron chi connectivity index (χ1n) is 4.96. The summed E-state index contributed by atoms with van der Waals surface area (Å²) in [6.45, 7) is 2.68. The molecule has 2 atom stereocenters. The van der Waals surface area contributed by atoms with E-state index in [1.807, 2.05) is 0 Å². The van der Waals surface area contributed by atoms with Crippen LogP contribution in [0.1, 0.15) is 19.4 Å². The van der Waals surface area contributed by atoms with Crippen molar-refractivity contribution >= 4 is 0 Å². The molecule has 16 heavy (non-hydrogen) atoms. The highest BCUT2D eigenvalue weighted by Gasteiger charge is 2.36. The summed E-state index contributed by atoms with van der Waals surface area (Å²) in [5.74, 6) is 0.678. The van der Waals surface area contributed by atoms with E-state index in [-0.39, 0.29) is 6.42 Å². The molecular weight excluding hydrogens is 213 g/mol. The first-order chi connectivity index (χ1) is 7.25. The molecule has 4 nitrogen and oxygen atoms in total. The zero-order valence-corrected chi connectivity index (χ0v) is 9.16. The van der Waals surface area contributed by atoms with E-state index < -0.39 is 11.8 Å². The molecule has 0 radical (unpaired) electrons. The second-order valence-electron chi connectivity index (χ2n) is 4.35. The number of aliphatic hydroxyl groups is 1. The fourth-order valence-electron chi connectivity index (χ4n) is 1.65. The average Bonchev–Trinajstić information content (AvgIpc) is 2.34. The van der Waals surface area contributed by atoms with Crippen molar-refractivity contribution in [3.8, 4) is 11.5 Å². The highest BCUT2D eigenvalue weighted by molar-refractivity contribution is 5.45. The number of benzene rings is 1. The Hall–Kier alpha value is -1.33. The molecule has 0 amide bonds. The zero-order valence-electron chi connectivity index (χ0n) is 9.16. The van der Waals surface area contributed by atoms with Crippen LogP contribution in [0.15, 0.2) is 18.2 Å². The number of hydrogen-bond acceptors (Lipinski definition) is 4. The highest BCUT2D eigenvalue weighted by Crippen LogP contribution is 2.40. The average molecular weight is 227 g/mol. The van der Waals surface area contributed by atoms with E-state index in [0.717, 1.165) is 5.56 Å². The van der Waals surface area contributed by atoms with Gasteiger partial charge in [-0.2, -0.15) is 4.39 Å². The lowest BCUT2D eigenvalue weighted by Crippen LogP contribution is -2.37. The van der Waals surface area contributed by atoms with Crippen molar-refractivity contribution < 1.29 is 19.0 Å². The van der Waals surface area contributed by atoms with Gasteiger partial charge in [0.05, 0.1) is 0 Å². The molecule has 0 bridgehead atoms. The van der Waals surface area contributed by atoms with Crippen LogP contribution in [-0.4, -0.2) is 16.9 Å². The third-order valence-corrected chi connectivity index (χ3v) is 2.15. The van der Waals surface area contributed by atoms with Crippen LogP contribution in [0.2, 0.25) is 0 Å². The molecule has 0 saturated carbocycles. The maximum absolute atomic E-state index is 13.4. The first kappa shape index (κ1) is 11.2. The van der Waals surface area contributed by atoms with Crippen LogP contribution >= 0.6 is 0 Å². The zero-order chi connectivity index (χ0) is 12.0. The van der Waals surface area contributed by atoms with Gasteiger partial charge in [-0.3, -0.25) is 0 Å². The van der Waals surface area contributed by atoms with Crippen molar-refractivity contribution in [2.45, 2.75) is 32.0 Å². The minimum Gasteiger partial charge on any atom is -0.423 e. The second-order valence-corrected chi connectivity index (χ2v) is 4.35. The van der Waals surface area contributed by atoms with E-state index in [0.29, 0.717) is 11.5 Å². The van der Waals surface area contributed by atoms with Crippen LogP contribution in [0.4, 0.5) is 4.39 Å². The molecule has 1 aromatic carbocycles. The number of fused-ring (bicyclic) bond motifs is 1. The van der Waals surface area contributed by atoms with E-state index >= 15 is 0 Å². The minimum atomic E-state index is -2.12. The van der Waals surface area contributed by atoms with Crippen molar-refractivity contribution in [3.63, 3.8) is 0 Å². The summed E-state index contributed by atoms with van der Waals surface area (Å²) in [4.78, 5) is 0. The SMILES string of the molecule is CC(N)(O)Cc1ccc2c(c1)OC(C)(F)O2. The van der Waals surface area contributed by atoms with Crippen molar-refractivity contribution in [1.82, 2.24) is 0 Å². The quantitative estimate of drug-likeness (QED) is 0.748. The maximum Gasteiger partial charge on any atom is 0.404 e. The third-order valence-electron chi connectivity index (χ3n) is 2.15. The van der Waals surface area contributed by atoms with Gasteiger partial charge in [0.25, 0.3) is 0 Å². The van der Waals surface area contributed by atoms with Gasteiger partial charge in [0.15, 0.2) is 11.5 Å². The summed E-state index contributed by atoms with van der Waals surface area (Å²) in [6.07, 6.45) is 0.257. The molecule has 1 aromatic rings. The number of rotatable bonds is 2. The second kappa shape index (κ2) is 3.33. The molecular formula is C11H14FNO3. The summed E-state index contributed by atoms with van der Waals surface area (Å²) in [7, 11) is 0. The van der Waals surface area contributed by atoms with E-state index in [1.54, 1.807) is 18.2 Å². The maximum atomic E-state index is 13.4.